The Bertz CT molecular complexity index is 1000. The predicted molar refractivity (Wildman–Crippen MR) is 110 cm³/mol. The number of carbonyl (C=O) groups excluding carboxylic acids is 1. The van der Waals surface area contributed by atoms with Gasteiger partial charge in [-0.15, -0.1) is 0 Å². The Labute approximate surface area is 159 Å². The van der Waals surface area contributed by atoms with Crippen molar-refractivity contribution in [3.05, 3.63) is 89.5 Å². The minimum absolute atomic E-state index is 0.143. The van der Waals surface area contributed by atoms with Crippen LogP contribution in [0.15, 0.2) is 72.8 Å². The molecule has 0 atom stereocenters. The Kier molecular flexibility index (Phi) is 4.75. The molecule has 1 amide bonds. The number of aromatic hydroxyl groups is 1. The number of benzene rings is 3. The maximum absolute atomic E-state index is 12.2. The van der Waals surface area contributed by atoms with Crippen LogP contribution in [0.3, 0.4) is 0 Å². The third kappa shape index (κ3) is 3.77. The lowest BCUT2D eigenvalue weighted by Gasteiger charge is -2.15. The molecule has 3 aromatic carbocycles. The van der Waals surface area contributed by atoms with Crippen molar-refractivity contribution in [3.8, 4) is 16.9 Å². The first-order chi connectivity index (χ1) is 13.2. The van der Waals surface area contributed by atoms with E-state index < -0.39 is 0 Å². The number of aryl methyl sites for hydroxylation is 1. The Morgan fingerprint density at radius 2 is 1.78 bits per heavy atom. The zero-order valence-corrected chi connectivity index (χ0v) is 15.0. The van der Waals surface area contributed by atoms with Crippen molar-refractivity contribution in [1.29, 1.82) is 0 Å². The number of rotatable bonds is 4. The molecule has 0 saturated heterocycles. The molecule has 1 aliphatic carbocycles. The summed E-state index contributed by atoms with van der Waals surface area (Å²) in [5.74, 6) is -0.00539. The molecule has 2 N–H and O–H groups in total. The number of hydrogen-bond acceptors (Lipinski definition) is 2. The number of allylic oxidation sites excluding steroid dienone is 1. The molecule has 0 heterocycles. The Morgan fingerprint density at radius 1 is 0.963 bits per heavy atom. The molecule has 134 valence electrons. The van der Waals surface area contributed by atoms with Gasteiger partial charge < -0.3 is 10.4 Å². The molecule has 0 saturated carbocycles. The van der Waals surface area contributed by atoms with Gasteiger partial charge in [-0.05, 0) is 53.3 Å². The van der Waals surface area contributed by atoms with E-state index >= 15 is 0 Å². The van der Waals surface area contributed by atoms with E-state index in [9.17, 15) is 9.90 Å². The number of phenols is 1. The van der Waals surface area contributed by atoms with E-state index in [1.165, 1.54) is 16.7 Å². The third-order valence-corrected chi connectivity index (χ3v) is 4.88. The van der Waals surface area contributed by atoms with E-state index in [0.717, 1.165) is 24.1 Å². The van der Waals surface area contributed by atoms with Gasteiger partial charge in [-0.1, -0.05) is 60.7 Å². The van der Waals surface area contributed by atoms with Crippen LogP contribution in [-0.4, -0.2) is 11.0 Å². The molecule has 3 nitrogen and oxygen atoms in total. The molecule has 27 heavy (non-hydrogen) atoms. The Hall–Kier alpha value is -3.33. The van der Waals surface area contributed by atoms with E-state index in [1.54, 1.807) is 18.2 Å². The fourth-order valence-electron chi connectivity index (χ4n) is 3.49. The lowest BCUT2D eigenvalue weighted by molar-refractivity contribution is -0.115. The summed E-state index contributed by atoms with van der Waals surface area (Å²) in [5, 5.41) is 12.7. The van der Waals surface area contributed by atoms with Gasteiger partial charge >= 0.3 is 0 Å². The van der Waals surface area contributed by atoms with Crippen molar-refractivity contribution in [1.82, 2.24) is 0 Å². The summed E-state index contributed by atoms with van der Waals surface area (Å²) >= 11 is 0. The van der Waals surface area contributed by atoms with Crippen LogP contribution in [0.5, 0.6) is 5.75 Å². The highest BCUT2D eigenvalue weighted by molar-refractivity contribution is 5.93. The number of para-hydroxylation sites is 1. The minimum atomic E-state index is -0.149. The van der Waals surface area contributed by atoms with Crippen molar-refractivity contribution >= 4 is 17.7 Å². The molecule has 4 rings (SSSR count). The average Bonchev–Trinajstić information content (AvgIpc) is 2.70. The summed E-state index contributed by atoms with van der Waals surface area (Å²) in [7, 11) is 0. The van der Waals surface area contributed by atoms with Crippen molar-refractivity contribution in [2.75, 3.05) is 5.32 Å². The van der Waals surface area contributed by atoms with Crippen LogP contribution in [-0.2, 0) is 17.6 Å². The number of anilines is 1. The van der Waals surface area contributed by atoms with Crippen LogP contribution in [0.2, 0.25) is 0 Å². The van der Waals surface area contributed by atoms with Crippen LogP contribution in [0.4, 0.5) is 5.69 Å². The van der Waals surface area contributed by atoms with Crippen LogP contribution < -0.4 is 5.32 Å². The molecule has 1 aliphatic rings. The molecule has 0 bridgehead atoms. The first-order valence-electron chi connectivity index (χ1n) is 9.16. The summed E-state index contributed by atoms with van der Waals surface area (Å²) < 4.78 is 0. The molecule has 0 spiro atoms. The quantitative estimate of drug-likeness (QED) is 0.676. The molecular weight excluding hydrogens is 334 g/mol. The topological polar surface area (TPSA) is 49.3 Å². The number of nitrogens with one attached hydrogen (secondary N) is 1. The van der Waals surface area contributed by atoms with Gasteiger partial charge in [-0.2, -0.15) is 0 Å². The maximum atomic E-state index is 12.2. The van der Waals surface area contributed by atoms with Gasteiger partial charge in [0.1, 0.15) is 5.75 Å². The average molecular weight is 355 g/mol. The lowest BCUT2D eigenvalue weighted by atomic mass is 9.90. The SMILES string of the molecule is O=C(Cc1ccccc1O)Nc1ccc(-c2cccc3c2C=CCC3)cc1. The molecule has 0 aromatic heterocycles. The largest absolute Gasteiger partial charge is 0.508 e. The summed E-state index contributed by atoms with van der Waals surface area (Å²) in [6.07, 6.45) is 6.75. The normalized spacial score (nSPS) is 12.4. The number of fused-ring (bicyclic) bond motifs is 1. The molecule has 0 radical (unpaired) electrons. The fraction of sp³-hybridized carbons (Fsp3) is 0.125. The van der Waals surface area contributed by atoms with Crippen molar-refractivity contribution in [3.63, 3.8) is 0 Å². The van der Waals surface area contributed by atoms with Gasteiger partial charge in [-0.25, -0.2) is 0 Å². The first-order valence-corrected chi connectivity index (χ1v) is 9.16. The standard InChI is InChI=1S/C24H21NO2/c26-23-11-4-2-7-19(23)16-24(27)25-20-14-12-18(13-15-20)22-10-5-8-17-6-1-3-9-21(17)22/h2-5,7-15,26H,1,6,16H2,(H,25,27). The van der Waals surface area contributed by atoms with Crippen LogP contribution >= 0.6 is 0 Å². The van der Waals surface area contributed by atoms with Crippen LogP contribution in [0.1, 0.15) is 23.1 Å². The summed E-state index contributed by atoms with van der Waals surface area (Å²) in [6, 6.07) is 21.2. The molecule has 0 aliphatic heterocycles. The van der Waals surface area contributed by atoms with E-state index in [1.807, 2.05) is 30.3 Å². The number of amides is 1. The second kappa shape index (κ2) is 7.50. The second-order valence-electron chi connectivity index (χ2n) is 6.75. The van der Waals surface area contributed by atoms with E-state index in [-0.39, 0.29) is 18.1 Å². The summed E-state index contributed by atoms with van der Waals surface area (Å²) in [4.78, 5) is 12.2. The van der Waals surface area contributed by atoms with Crippen LogP contribution in [0, 0.1) is 0 Å². The zero-order valence-electron chi connectivity index (χ0n) is 15.0. The smallest absolute Gasteiger partial charge is 0.228 e. The Morgan fingerprint density at radius 3 is 2.59 bits per heavy atom. The minimum Gasteiger partial charge on any atom is -0.508 e. The summed E-state index contributed by atoms with van der Waals surface area (Å²) in [5.41, 5.74) is 6.40. The van der Waals surface area contributed by atoms with Gasteiger partial charge in [-0.3, -0.25) is 4.79 Å². The van der Waals surface area contributed by atoms with Gasteiger partial charge in [0.15, 0.2) is 0 Å². The second-order valence-corrected chi connectivity index (χ2v) is 6.75. The highest BCUT2D eigenvalue weighted by Gasteiger charge is 2.11. The van der Waals surface area contributed by atoms with Crippen molar-refractivity contribution in [2.45, 2.75) is 19.3 Å². The highest BCUT2D eigenvalue weighted by Crippen LogP contribution is 2.31. The van der Waals surface area contributed by atoms with E-state index in [0.29, 0.717) is 5.56 Å². The maximum Gasteiger partial charge on any atom is 0.228 e. The predicted octanol–water partition coefficient (Wildman–Crippen LogP) is 5.20. The highest BCUT2D eigenvalue weighted by atomic mass is 16.3. The summed E-state index contributed by atoms with van der Waals surface area (Å²) in [6.45, 7) is 0. The van der Waals surface area contributed by atoms with Gasteiger partial charge in [0.05, 0.1) is 6.42 Å². The molecular formula is C24H21NO2. The molecule has 0 unspecified atom stereocenters. The number of carbonyl (C=O) groups is 1. The van der Waals surface area contributed by atoms with Crippen molar-refractivity contribution in [2.24, 2.45) is 0 Å². The number of hydrogen-bond donors (Lipinski definition) is 2. The molecule has 3 heteroatoms. The van der Waals surface area contributed by atoms with E-state index in [2.05, 4.69) is 35.7 Å². The van der Waals surface area contributed by atoms with Gasteiger partial charge in [0, 0.05) is 11.3 Å². The van der Waals surface area contributed by atoms with Crippen molar-refractivity contribution < 1.29 is 9.90 Å². The first kappa shape index (κ1) is 17.1. The zero-order chi connectivity index (χ0) is 18.6. The van der Waals surface area contributed by atoms with Gasteiger partial charge in [0.2, 0.25) is 5.91 Å². The van der Waals surface area contributed by atoms with E-state index in [4.69, 9.17) is 0 Å². The third-order valence-electron chi connectivity index (χ3n) is 4.88. The fourth-order valence-corrected chi connectivity index (χ4v) is 3.49. The Balaban J connectivity index is 1.49. The monoisotopic (exact) mass is 355 g/mol. The lowest BCUT2D eigenvalue weighted by Crippen LogP contribution is -2.14. The molecule has 0 fully saturated rings. The van der Waals surface area contributed by atoms with Gasteiger partial charge in [0.25, 0.3) is 0 Å². The molecule has 3 aromatic rings. The van der Waals surface area contributed by atoms with Crippen LogP contribution in [0.25, 0.3) is 17.2 Å². The number of phenolic OH excluding ortho intramolecular Hbond substituents is 1.